The molecule has 26 heavy (non-hydrogen) atoms. The van der Waals surface area contributed by atoms with E-state index in [0.29, 0.717) is 10.8 Å². The van der Waals surface area contributed by atoms with E-state index in [1.165, 1.54) is 44.1 Å². The van der Waals surface area contributed by atoms with E-state index in [1.807, 2.05) is 0 Å². The first-order valence-electron chi connectivity index (χ1n) is 10.8. The van der Waals surface area contributed by atoms with Gasteiger partial charge in [0.2, 0.25) is 0 Å². The van der Waals surface area contributed by atoms with Gasteiger partial charge in [0.1, 0.15) is 6.10 Å². The predicted octanol–water partition coefficient (Wildman–Crippen LogP) is 6.07. The van der Waals surface area contributed by atoms with Gasteiger partial charge in [-0.1, -0.05) is 37.6 Å². The highest BCUT2D eigenvalue weighted by molar-refractivity contribution is 5.66. The summed E-state index contributed by atoms with van der Waals surface area (Å²) < 4.78 is 5.56. The normalized spacial score (nSPS) is 47.2. The summed E-state index contributed by atoms with van der Waals surface area (Å²) in [5, 5.41) is 0. The first kappa shape index (κ1) is 18.3. The van der Waals surface area contributed by atoms with Gasteiger partial charge in [-0.15, -0.1) is 0 Å². The van der Waals surface area contributed by atoms with E-state index < -0.39 is 0 Å². The third kappa shape index (κ3) is 2.62. The van der Waals surface area contributed by atoms with Gasteiger partial charge in [0.25, 0.3) is 0 Å². The van der Waals surface area contributed by atoms with Gasteiger partial charge in [0.05, 0.1) is 0 Å². The molecular formula is C24H36O2. The first-order valence-corrected chi connectivity index (χ1v) is 10.8. The quantitative estimate of drug-likeness (QED) is 0.443. The zero-order valence-electron chi connectivity index (χ0n) is 17.1. The SMILES string of the molecule is C=C(C)[C@H]1CC[C@H]2[C@@H]3CC=C4C[C@@H](OC(C)=O)CC[C@]4(C)[C@H]3CC[C@]12C. The van der Waals surface area contributed by atoms with Crippen molar-refractivity contribution in [3.63, 3.8) is 0 Å². The number of fused-ring (bicyclic) bond motifs is 5. The molecule has 144 valence electrons. The molecule has 4 aliphatic carbocycles. The number of ether oxygens (including phenoxy) is 1. The Bertz CT molecular complexity index is 647. The lowest BCUT2D eigenvalue weighted by molar-refractivity contribution is -0.148. The summed E-state index contributed by atoms with van der Waals surface area (Å²) in [6, 6.07) is 0. The molecule has 0 aromatic heterocycles. The zero-order chi connectivity index (χ0) is 18.7. The molecule has 0 heterocycles. The molecule has 7 atom stereocenters. The van der Waals surface area contributed by atoms with Crippen LogP contribution in [0.25, 0.3) is 0 Å². The van der Waals surface area contributed by atoms with Gasteiger partial charge in [-0.25, -0.2) is 0 Å². The van der Waals surface area contributed by atoms with Gasteiger partial charge in [0, 0.05) is 13.3 Å². The molecule has 4 rings (SSSR count). The van der Waals surface area contributed by atoms with E-state index in [4.69, 9.17) is 4.74 Å². The summed E-state index contributed by atoms with van der Waals surface area (Å²) >= 11 is 0. The third-order valence-corrected chi connectivity index (χ3v) is 8.99. The van der Waals surface area contributed by atoms with E-state index in [9.17, 15) is 4.79 Å². The molecule has 0 radical (unpaired) electrons. The molecule has 0 unspecified atom stereocenters. The van der Waals surface area contributed by atoms with Crippen LogP contribution in [-0.2, 0) is 9.53 Å². The minimum Gasteiger partial charge on any atom is -0.462 e. The maximum absolute atomic E-state index is 11.4. The van der Waals surface area contributed by atoms with Crippen LogP contribution in [0.3, 0.4) is 0 Å². The average Bonchev–Trinajstić information content (AvgIpc) is 2.92. The van der Waals surface area contributed by atoms with E-state index in [2.05, 4.69) is 33.4 Å². The van der Waals surface area contributed by atoms with Crippen molar-refractivity contribution in [2.75, 3.05) is 0 Å². The van der Waals surface area contributed by atoms with Crippen molar-refractivity contribution in [2.24, 2.45) is 34.5 Å². The topological polar surface area (TPSA) is 26.3 Å². The Morgan fingerprint density at radius 1 is 1.12 bits per heavy atom. The highest BCUT2D eigenvalue weighted by Gasteiger charge is 2.58. The number of hydrogen-bond donors (Lipinski definition) is 0. The summed E-state index contributed by atoms with van der Waals surface area (Å²) in [5.74, 6) is 3.13. The minimum absolute atomic E-state index is 0.108. The predicted molar refractivity (Wildman–Crippen MR) is 106 cm³/mol. The molecule has 2 nitrogen and oxygen atoms in total. The number of rotatable bonds is 2. The molecular weight excluding hydrogens is 320 g/mol. The molecule has 0 aliphatic heterocycles. The fraction of sp³-hybridized carbons (Fsp3) is 0.792. The summed E-state index contributed by atoms with van der Waals surface area (Å²) in [4.78, 5) is 11.4. The number of carbonyl (C=O) groups is 1. The molecule has 0 bridgehead atoms. The van der Waals surface area contributed by atoms with Crippen LogP contribution in [0.15, 0.2) is 23.8 Å². The number of hydrogen-bond acceptors (Lipinski definition) is 2. The second-order valence-electron chi connectivity index (χ2n) is 10.3. The Morgan fingerprint density at radius 2 is 1.88 bits per heavy atom. The van der Waals surface area contributed by atoms with Crippen molar-refractivity contribution in [1.82, 2.24) is 0 Å². The van der Waals surface area contributed by atoms with Gasteiger partial charge >= 0.3 is 5.97 Å². The molecule has 0 amide bonds. The fourth-order valence-electron chi connectivity index (χ4n) is 7.77. The third-order valence-electron chi connectivity index (χ3n) is 8.99. The fourth-order valence-corrected chi connectivity index (χ4v) is 7.77. The molecule has 0 saturated heterocycles. The van der Waals surface area contributed by atoms with E-state index in [1.54, 1.807) is 12.5 Å². The van der Waals surface area contributed by atoms with Crippen LogP contribution < -0.4 is 0 Å². The van der Waals surface area contributed by atoms with Crippen LogP contribution in [0.2, 0.25) is 0 Å². The van der Waals surface area contributed by atoms with Crippen molar-refractivity contribution in [2.45, 2.75) is 85.2 Å². The second kappa shape index (κ2) is 6.24. The van der Waals surface area contributed by atoms with Crippen LogP contribution in [0.1, 0.15) is 79.1 Å². The molecule has 0 spiro atoms. The lowest BCUT2D eigenvalue weighted by atomic mass is 9.47. The van der Waals surface area contributed by atoms with Crippen molar-refractivity contribution >= 4 is 5.97 Å². The first-order chi connectivity index (χ1) is 12.3. The smallest absolute Gasteiger partial charge is 0.302 e. The number of esters is 1. The molecule has 3 fully saturated rings. The summed E-state index contributed by atoms with van der Waals surface area (Å²) in [7, 11) is 0. The van der Waals surface area contributed by atoms with E-state index in [0.717, 1.165) is 36.5 Å². The zero-order valence-corrected chi connectivity index (χ0v) is 17.1. The van der Waals surface area contributed by atoms with Crippen LogP contribution >= 0.6 is 0 Å². The Balaban J connectivity index is 1.59. The van der Waals surface area contributed by atoms with Crippen molar-refractivity contribution in [3.8, 4) is 0 Å². The standard InChI is InChI=1S/C24H36O2/c1-15(2)20-8-9-21-19-7-6-17-14-18(26-16(3)25)10-12-23(17,4)22(19)11-13-24(20,21)5/h6,18-22H,1,7-14H2,2-5H3/t18-,19-,20+,21-,22-,23-,24+/m0/s1. The van der Waals surface area contributed by atoms with E-state index >= 15 is 0 Å². The van der Waals surface area contributed by atoms with Gasteiger partial charge in [-0.2, -0.15) is 0 Å². The summed E-state index contributed by atoms with van der Waals surface area (Å²) in [6.45, 7) is 13.2. The maximum atomic E-state index is 11.4. The molecule has 3 saturated carbocycles. The van der Waals surface area contributed by atoms with Crippen LogP contribution in [0, 0.1) is 34.5 Å². The molecule has 0 N–H and O–H groups in total. The largest absolute Gasteiger partial charge is 0.462 e. The Morgan fingerprint density at radius 3 is 2.58 bits per heavy atom. The van der Waals surface area contributed by atoms with Crippen molar-refractivity contribution in [1.29, 1.82) is 0 Å². The molecule has 0 aromatic rings. The van der Waals surface area contributed by atoms with Crippen molar-refractivity contribution in [3.05, 3.63) is 23.8 Å². The Labute approximate surface area is 159 Å². The van der Waals surface area contributed by atoms with Gasteiger partial charge < -0.3 is 4.74 Å². The van der Waals surface area contributed by atoms with Crippen LogP contribution in [0.5, 0.6) is 0 Å². The number of allylic oxidation sites excluding steroid dienone is 2. The lowest BCUT2D eigenvalue weighted by Gasteiger charge is -2.58. The van der Waals surface area contributed by atoms with Gasteiger partial charge in [-0.05, 0) is 86.4 Å². The van der Waals surface area contributed by atoms with Crippen LogP contribution in [0.4, 0.5) is 0 Å². The lowest BCUT2D eigenvalue weighted by Crippen LogP contribution is -2.50. The highest BCUT2D eigenvalue weighted by atomic mass is 16.5. The second-order valence-corrected chi connectivity index (χ2v) is 10.3. The average molecular weight is 357 g/mol. The Hall–Kier alpha value is -1.05. The molecule has 4 aliphatic rings. The highest BCUT2D eigenvalue weighted by Crippen LogP contribution is 2.67. The molecule has 2 heteroatoms. The Kier molecular flexibility index (Phi) is 4.40. The minimum atomic E-state index is -0.127. The maximum Gasteiger partial charge on any atom is 0.302 e. The monoisotopic (exact) mass is 356 g/mol. The molecule has 0 aromatic carbocycles. The van der Waals surface area contributed by atoms with Crippen molar-refractivity contribution < 1.29 is 9.53 Å². The van der Waals surface area contributed by atoms with Crippen LogP contribution in [-0.4, -0.2) is 12.1 Å². The summed E-state index contributed by atoms with van der Waals surface area (Å²) in [5.41, 5.74) is 3.81. The number of carbonyl (C=O) groups excluding carboxylic acids is 1. The van der Waals surface area contributed by atoms with E-state index in [-0.39, 0.29) is 12.1 Å². The summed E-state index contributed by atoms with van der Waals surface area (Å²) in [6.07, 6.45) is 12.6. The van der Waals surface area contributed by atoms with Gasteiger partial charge in [-0.3, -0.25) is 4.79 Å². The van der Waals surface area contributed by atoms with Gasteiger partial charge in [0.15, 0.2) is 0 Å².